The molecule has 27 heavy (non-hydrogen) atoms. The maximum Gasteiger partial charge on any atom is 0.233 e. The van der Waals surface area contributed by atoms with Crippen molar-refractivity contribution in [2.45, 2.75) is 13.3 Å². The van der Waals surface area contributed by atoms with Gasteiger partial charge >= 0.3 is 0 Å². The number of aryl methyl sites for hydroxylation is 1. The molecule has 0 unspecified atom stereocenters. The average Bonchev–Trinajstić information content (AvgIpc) is 3.05. The Morgan fingerprint density at radius 1 is 1.07 bits per heavy atom. The zero-order chi connectivity index (χ0) is 19.6. The van der Waals surface area contributed by atoms with Crippen molar-refractivity contribution in [2.24, 2.45) is 0 Å². The van der Waals surface area contributed by atoms with E-state index in [1.165, 1.54) is 11.3 Å². The first-order valence-electron chi connectivity index (χ1n) is 8.61. The highest BCUT2D eigenvalue weighted by Crippen LogP contribution is 2.34. The maximum atomic E-state index is 13.1. The molecule has 1 amide bonds. The summed E-state index contributed by atoms with van der Waals surface area (Å²) in [6.45, 7) is 3.25. The lowest BCUT2D eigenvalue weighted by Gasteiger charge is -2.22. The van der Waals surface area contributed by atoms with Crippen LogP contribution in [0.15, 0.2) is 36.4 Å². The smallest absolute Gasteiger partial charge is 0.233 e. The maximum absolute atomic E-state index is 13.1. The Hall–Kier alpha value is -1.66. The van der Waals surface area contributed by atoms with E-state index in [0.717, 1.165) is 27.9 Å². The highest BCUT2D eigenvalue weighted by molar-refractivity contribution is 7.22. The summed E-state index contributed by atoms with van der Waals surface area (Å²) in [5.74, 6) is -0.0206. The van der Waals surface area contributed by atoms with E-state index in [2.05, 4.69) is 0 Å². The summed E-state index contributed by atoms with van der Waals surface area (Å²) < 4.78 is 1.02. The van der Waals surface area contributed by atoms with Crippen molar-refractivity contribution in [1.29, 1.82) is 0 Å². The molecule has 4 nitrogen and oxygen atoms in total. The molecule has 7 heteroatoms. The van der Waals surface area contributed by atoms with Gasteiger partial charge in [0.2, 0.25) is 5.91 Å². The van der Waals surface area contributed by atoms with Crippen molar-refractivity contribution >= 4 is 55.8 Å². The van der Waals surface area contributed by atoms with E-state index in [0.29, 0.717) is 21.7 Å². The highest BCUT2D eigenvalue weighted by Gasteiger charge is 2.21. The Balaban J connectivity index is 1.94. The molecule has 0 fully saturated rings. The first-order valence-corrected chi connectivity index (χ1v) is 10.2. The number of anilines is 1. The molecule has 0 aliphatic heterocycles. The molecular formula is C20H21Cl2N3OS. The van der Waals surface area contributed by atoms with Crippen LogP contribution in [0.25, 0.3) is 10.2 Å². The fourth-order valence-electron chi connectivity index (χ4n) is 2.73. The fourth-order valence-corrected chi connectivity index (χ4v) is 4.15. The zero-order valence-electron chi connectivity index (χ0n) is 15.5. The van der Waals surface area contributed by atoms with Crippen LogP contribution < -0.4 is 4.90 Å². The molecule has 0 aliphatic carbocycles. The van der Waals surface area contributed by atoms with E-state index in [1.807, 2.05) is 56.3 Å². The highest BCUT2D eigenvalue weighted by atomic mass is 35.5. The molecule has 0 aliphatic rings. The van der Waals surface area contributed by atoms with Gasteiger partial charge in [0.15, 0.2) is 5.13 Å². The van der Waals surface area contributed by atoms with Gasteiger partial charge in [0.25, 0.3) is 0 Å². The lowest BCUT2D eigenvalue weighted by atomic mass is 10.1. The van der Waals surface area contributed by atoms with Crippen molar-refractivity contribution < 1.29 is 4.79 Å². The number of hydrogen-bond acceptors (Lipinski definition) is 4. The number of nitrogens with zero attached hydrogens (tertiary/aromatic N) is 3. The van der Waals surface area contributed by atoms with Crippen LogP contribution in [-0.4, -0.2) is 43.0 Å². The number of aromatic nitrogens is 1. The van der Waals surface area contributed by atoms with Gasteiger partial charge in [-0.25, -0.2) is 4.98 Å². The average molecular weight is 422 g/mol. The summed E-state index contributed by atoms with van der Waals surface area (Å²) in [6, 6.07) is 11.3. The molecule has 0 saturated heterocycles. The molecule has 0 saturated carbocycles. The van der Waals surface area contributed by atoms with Gasteiger partial charge in [0, 0.05) is 23.1 Å². The summed E-state index contributed by atoms with van der Waals surface area (Å²) in [4.78, 5) is 21.6. The lowest BCUT2D eigenvalue weighted by molar-refractivity contribution is -0.118. The minimum atomic E-state index is -0.0206. The van der Waals surface area contributed by atoms with Crippen LogP contribution in [0.2, 0.25) is 10.0 Å². The van der Waals surface area contributed by atoms with E-state index < -0.39 is 0 Å². The van der Waals surface area contributed by atoms with E-state index in [9.17, 15) is 4.79 Å². The van der Waals surface area contributed by atoms with Gasteiger partial charge in [0.05, 0.1) is 16.6 Å². The molecule has 1 heterocycles. The third-order valence-corrected chi connectivity index (χ3v) is 6.16. The van der Waals surface area contributed by atoms with Crippen molar-refractivity contribution in [3.63, 3.8) is 0 Å². The molecule has 142 valence electrons. The van der Waals surface area contributed by atoms with Crippen LogP contribution in [0.5, 0.6) is 0 Å². The van der Waals surface area contributed by atoms with Crippen LogP contribution in [0.4, 0.5) is 5.13 Å². The number of carbonyl (C=O) groups excluding carboxylic acids is 1. The lowest BCUT2D eigenvalue weighted by Crippen LogP contribution is -2.37. The molecule has 0 spiro atoms. The number of benzene rings is 2. The van der Waals surface area contributed by atoms with E-state index in [1.54, 1.807) is 11.0 Å². The molecule has 3 aromatic rings. The Morgan fingerprint density at radius 3 is 2.52 bits per heavy atom. The molecular weight excluding hydrogens is 401 g/mol. The van der Waals surface area contributed by atoms with Crippen molar-refractivity contribution in [1.82, 2.24) is 9.88 Å². The molecule has 0 N–H and O–H groups in total. The van der Waals surface area contributed by atoms with Crippen molar-refractivity contribution in [2.75, 3.05) is 32.1 Å². The molecule has 0 radical (unpaired) electrons. The molecule has 0 atom stereocenters. The van der Waals surface area contributed by atoms with E-state index in [-0.39, 0.29) is 12.3 Å². The Labute approximate surface area is 173 Å². The number of amides is 1. The quantitative estimate of drug-likeness (QED) is 0.558. The number of hydrogen-bond donors (Lipinski definition) is 0. The second-order valence-corrected chi connectivity index (χ2v) is 8.46. The standard InChI is InChI=1S/C20H21Cl2N3OS/c1-13-15(21)8-9-17-19(13)23-20(27-17)25(11-10-24(2)3)18(26)12-14-6-4-5-7-16(14)22/h4-9H,10-12H2,1-3H3. The monoisotopic (exact) mass is 421 g/mol. The van der Waals surface area contributed by atoms with Gasteiger partial charge in [-0.2, -0.15) is 0 Å². The zero-order valence-corrected chi connectivity index (χ0v) is 17.8. The van der Waals surface area contributed by atoms with Crippen LogP contribution in [0.3, 0.4) is 0 Å². The number of halogens is 2. The second kappa shape index (κ2) is 8.57. The summed E-state index contributed by atoms with van der Waals surface area (Å²) in [7, 11) is 3.97. The van der Waals surface area contributed by atoms with Crippen LogP contribution in [0.1, 0.15) is 11.1 Å². The number of likely N-dealkylation sites (N-methyl/N-ethyl adjacent to an activating group) is 1. The summed E-state index contributed by atoms with van der Waals surface area (Å²) in [5, 5.41) is 1.97. The topological polar surface area (TPSA) is 36.4 Å². The van der Waals surface area contributed by atoms with E-state index in [4.69, 9.17) is 28.2 Å². The van der Waals surface area contributed by atoms with E-state index >= 15 is 0 Å². The number of carbonyl (C=O) groups is 1. The second-order valence-electron chi connectivity index (χ2n) is 6.63. The first kappa shape index (κ1) is 20.1. The van der Waals surface area contributed by atoms with Crippen LogP contribution >= 0.6 is 34.5 Å². The Morgan fingerprint density at radius 2 is 1.81 bits per heavy atom. The normalized spacial score (nSPS) is 11.3. The molecule has 2 aromatic carbocycles. The summed E-state index contributed by atoms with van der Waals surface area (Å²) >= 11 is 14.0. The summed E-state index contributed by atoms with van der Waals surface area (Å²) in [6.07, 6.45) is 0.239. The number of fused-ring (bicyclic) bond motifs is 1. The third kappa shape index (κ3) is 4.61. The van der Waals surface area contributed by atoms with Gasteiger partial charge in [0.1, 0.15) is 0 Å². The van der Waals surface area contributed by atoms with Gasteiger partial charge < -0.3 is 4.90 Å². The third-order valence-electron chi connectivity index (χ3n) is 4.34. The summed E-state index contributed by atoms with van der Waals surface area (Å²) in [5.41, 5.74) is 2.60. The Kier molecular flexibility index (Phi) is 6.37. The van der Waals surface area contributed by atoms with Crippen molar-refractivity contribution in [3.05, 3.63) is 57.6 Å². The largest absolute Gasteiger partial charge is 0.308 e. The van der Waals surface area contributed by atoms with Gasteiger partial charge in [-0.1, -0.05) is 52.7 Å². The minimum Gasteiger partial charge on any atom is -0.308 e. The molecule has 0 bridgehead atoms. The SMILES string of the molecule is Cc1c(Cl)ccc2sc(N(CCN(C)C)C(=O)Cc3ccccc3Cl)nc12. The van der Waals surface area contributed by atoms with Crippen molar-refractivity contribution in [3.8, 4) is 0 Å². The van der Waals surface area contributed by atoms with Gasteiger partial charge in [-0.3, -0.25) is 9.69 Å². The number of thiazole rings is 1. The molecule has 1 aromatic heterocycles. The first-order chi connectivity index (χ1) is 12.9. The predicted octanol–water partition coefficient (Wildman–Crippen LogP) is 5.05. The fraction of sp³-hybridized carbons (Fsp3) is 0.300. The molecule has 3 rings (SSSR count). The van der Waals surface area contributed by atoms with Crippen LogP contribution in [-0.2, 0) is 11.2 Å². The van der Waals surface area contributed by atoms with Gasteiger partial charge in [-0.15, -0.1) is 0 Å². The van der Waals surface area contributed by atoms with Crippen LogP contribution in [0, 0.1) is 6.92 Å². The number of rotatable bonds is 6. The predicted molar refractivity (Wildman–Crippen MR) is 115 cm³/mol. The van der Waals surface area contributed by atoms with Gasteiger partial charge in [-0.05, 0) is 50.3 Å². The Bertz CT molecular complexity index is 971. The minimum absolute atomic E-state index is 0.0206.